The van der Waals surface area contributed by atoms with Crippen LogP contribution in [-0.2, 0) is 10.0 Å². The van der Waals surface area contributed by atoms with Crippen molar-refractivity contribution in [1.82, 2.24) is 24.5 Å². The summed E-state index contributed by atoms with van der Waals surface area (Å²) >= 11 is 0. The molecule has 0 aliphatic carbocycles. The van der Waals surface area contributed by atoms with E-state index in [1.54, 1.807) is 41.1 Å². The first-order chi connectivity index (χ1) is 15.8. The highest BCUT2D eigenvalue weighted by Crippen LogP contribution is 2.22. The van der Waals surface area contributed by atoms with E-state index in [2.05, 4.69) is 35.3 Å². The molecule has 0 unspecified atom stereocenters. The van der Waals surface area contributed by atoms with Crippen molar-refractivity contribution in [3.63, 3.8) is 0 Å². The largest absolute Gasteiger partial charge is 0.340 e. The van der Waals surface area contributed by atoms with Crippen LogP contribution < -0.4 is 15.4 Å². The summed E-state index contributed by atoms with van der Waals surface area (Å²) in [4.78, 5) is 16.7. The van der Waals surface area contributed by atoms with Gasteiger partial charge in [0.05, 0.1) is 6.33 Å². The van der Waals surface area contributed by atoms with E-state index in [4.69, 9.17) is 0 Å². The number of hydrogen-bond acceptors (Lipinski definition) is 8. The lowest BCUT2D eigenvalue weighted by Gasteiger charge is -2.10. The highest BCUT2D eigenvalue weighted by atomic mass is 32.2. The highest BCUT2D eigenvalue weighted by Gasteiger charge is 2.18. The topological polar surface area (TPSA) is 127 Å². The van der Waals surface area contributed by atoms with Crippen LogP contribution in [0.1, 0.15) is 25.5 Å². The monoisotopic (exact) mass is 464 g/mol. The molecule has 3 aromatic heterocycles. The van der Waals surface area contributed by atoms with Crippen molar-refractivity contribution in [1.29, 1.82) is 0 Å². The van der Waals surface area contributed by atoms with Gasteiger partial charge in [0.1, 0.15) is 23.8 Å². The predicted octanol–water partition coefficient (Wildman–Crippen LogP) is 4.25. The molecule has 0 saturated heterocycles. The van der Waals surface area contributed by atoms with Crippen molar-refractivity contribution < 1.29 is 8.42 Å². The van der Waals surface area contributed by atoms with Crippen molar-refractivity contribution in [2.24, 2.45) is 0 Å². The predicted molar refractivity (Wildman–Crippen MR) is 127 cm³/mol. The first-order valence-corrected chi connectivity index (χ1v) is 11.7. The Kier molecular flexibility index (Phi) is 6.22. The number of rotatable bonds is 8. The fraction of sp³-hybridized carbons (Fsp3) is 0.182. The third-order valence-electron chi connectivity index (χ3n) is 4.70. The van der Waals surface area contributed by atoms with Crippen LogP contribution >= 0.6 is 0 Å². The van der Waals surface area contributed by atoms with Crippen LogP contribution in [0.2, 0.25) is 0 Å². The third-order valence-corrected chi connectivity index (χ3v) is 5.96. The summed E-state index contributed by atoms with van der Waals surface area (Å²) in [6.45, 7) is 5.89. The Morgan fingerprint density at radius 1 is 0.848 bits per heavy atom. The molecular weight excluding hydrogens is 440 g/mol. The molecule has 0 spiro atoms. The number of nitrogens with one attached hydrogen (secondary N) is 3. The van der Waals surface area contributed by atoms with E-state index in [1.807, 2.05) is 32.9 Å². The Morgan fingerprint density at radius 2 is 1.52 bits per heavy atom. The smallest absolute Gasteiger partial charge is 0.280 e. The summed E-state index contributed by atoms with van der Waals surface area (Å²) in [5.74, 6) is 1.86. The fourth-order valence-corrected chi connectivity index (χ4v) is 3.94. The number of pyridine rings is 1. The number of anilines is 5. The lowest BCUT2D eigenvalue weighted by Crippen LogP contribution is -2.13. The number of aryl methyl sites for hydroxylation is 1. The van der Waals surface area contributed by atoms with Gasteiger partial charge in [-0.1, -0.05) is 0 Å². The van der Waals surface area contributed by atoms with Gasteiger partial charge in [-0.05, 0) is 62.7 Å². The Labute approximate surface area is 192 Å². The van der Waals surface area contributed by atoms with Crippen molar-refractivity contribution in [2.75, 3.05) is 15.4 Å². The number of aromatic nitrogens is 5. The van der Waals surface area contributed by atoms with Crippen LogP contribution in [0.5, 0.6) is 0 Å². The molecule has 0 amide bonds. The van der Waals surface area contributed by atoms with Crippen LogP contribution in [0, 0.1) is 6.92 Å². The number of benzene rings is 1. The Balaban J connectivity index is 1.42. The standard InChI is InChI=1S/C22H24N8O2S/c1-15(2)30-12-22(26-14-30)33(31,32)29-18-6-4-17(5-7-18)27-20-11-21(25-13-24-20)28-19-10-16(3)8-9-23-19/h4-15,29H,1-3H3,(H2,23,24,25,27,28). The molecule has 11 heteroatoms. The normalized spacial score (nSPS) is 11.4. The van der Waals surface area contributed by atoms with Crippen molar-refractivity contribution in [2.45, 2.75) is 31.8 Å². The second-order valence-corrected chi connectivity index (χ2v) is 9.32. The molecule has 4 rings (SSSR count). The zero-order valence-corrected chi connectivity index (χ0v) is 19.2. The molecule has 1 aromatic carbocycles. The van der Waals surface area contributed by atoms with Gasteiger partial charge in [-0.3, -0.25) is 4.72 Å². The molecule has 0 saturated carbocycles. The lowest BCUT2D eigenvalue weighted by atomic mass is 10.3. The van der Waals surface area contributed by atoms with Gasteiger partial charge < -0.3 is 15.2 Å². The molecule has 170 valence electrons. The average molecular weight is 465 g/mol. The molecule has 0 aliphatic rings. The van der Waals surface area contributed by atoms with Crippen LogP contribution in [0.4, 0.5) is 28.8 Å². The molecule has 33 heavy (non-hydrogen) atoms. The quantitative estimate of drug-likeness (QED) is 0.353. The molecule has 10 nitrogen and oxygen atoms in total. The van der Waals surface area contributed by atoms with Crippen molar-refractivity contribution in [3.05, 3.63) is 73.1 Å². The summed E-state index contributed by atoms with van der Waals surface area (Å²) in [7, 11) is -3.77. The number of sulfonamides is 1. The van der Waals surface area contributed by atoms with Gasteiger partial charge in [0.25, 0.3) is 10.0 Å². The summed E-state index contributed by atoms with van der Waals surface area (Å²) in [5.41, 5.74) is 2.25. The van der Waals surface area contributed by atoms with Crippen LogP contribution in [0.15, 0.2) is 72.5 Å². The second kappa shape index (κ2) is 9.25. The Hall–Kier alpha value is -3.99. The summed E-state index contributed by atoms with van der Waals surface area (Å²) < 4.78 is 29.5. The van der Waals surface area contributed by atoms with Gasteiger partial charge in [-0.2, -0.15) is 8.42 Å². The van der Waals surface area contributed by atoms with E-state index in [9.17, 15) is 8.42 Å². The lowest BCUT2D eigenvalue weighted by molar-refractivity contribution is 0.591. The first-order valence-electron chi connectivity index (χ1n) is 10.2. The van der Waals surface area contributed by atoms with Gasteiger partial charge in [0, 0.05) is 35.9 Å². The fourth-order valence-electron chi connectivity index (χ4n) is 2.95. The Bertz CT molecular complexity index is 1350. The Morgan fingerprint density at radius 3 is 2.18 bits per heavy atom. The zero-order valence-electron chi connectivity index (χ0n) is 18.4. The maximum Gasteiger partial charge on any atom is 0.280 e. The molecular formula is C22H24N8O2S. The number of imidazole rings is 1. The van der Waals surface area contributed by atoms with Crippen LogP contribution in [0.3, 0.4) is 0 Å². The second-order valence-electron chi connectivity index (χ2n) is 7.69. The first kappa shape index (κ1) is 22.2. The SMILES string of the molecule is Cc1ccnc(Nc2cc(Nc3ccc(NS(=O)(=O)c4cn(C(C)C)cn4)cc3)ncn2)c1. The van der Waals surface area contributed by atoms with E-state index in [-0.39, 0.29) is 11.1 Å². The number of nitrogens with zero attached hydrogens (tertiary/aromatic N) is 5. The molecule has 0 bridgehead atoms. The third kappa shape index (κ3) is 5.63. The van der Waals surface area contributed by atoms with Crippen molar-refractivity contribution >= 4 is 38.9 Å². The van der Waals surface area contributed by atoms with Crippen LogP contribution in [0.25, 0.3) is 0 Å². The molecule has 0 radical (unpaired) electrons. The molecule has 4 aromatic rings. The average Bonchev–Trinajstić information content (AvgIpc) is 3.27. The van der Waals surface area contributed by atoms with E-state index in [1.165, 1.54) is 18.9 Å². The zero-order chi connectivity index (χ0) is 23.4. The minimum atomic E-state index is -3.77. The van der Waals surface area contributed by atoms with Crippen molar-refractivity contribution in [3.8, 4) is 0 Å². The maximum absolute atomic E-state index is 12.6. The van der Waals surface area contributed by atoms with Gasteiger partial charge in [-0.25, -0.2) is 19.9 Å². The molecule has 3 N–H and O–H groups in total. The minimum absolute atomic E-state index is 0.0254. The summed E-state index contributed by atoms with van der Waals surface area (Å²) in [5, 5.41) is 6.29. The van der Waals surface area contributed by atoms with Crippen LogP contribution in [-0.4, -0.2) is 32.9 Å². The van der Waals surface area contributed by atoms with E-state index in [0.29, 0.717) is 23.1 Å². The van der Waals surface area contributed by atoms with Gasteiger partial charge in [0.15, 0.2) is 5.03 Å². The maximum atomic E-state index is 12.6. The summed E-state index contributed by atoms with van der Waals surface area (Å²) in [6.07, 6.45) is 6.19. The highest BCUT2D eigenvalue weighted by molar-refractivity contribution is 7.92. The molecule has 3 heterocycles. The molecule has 0 fully saturated rings. The molecule has 0 aliphatic heterocycles. The van der Waals surface area contributed by atoms with E-state index >= 15 is 0 Å². The van der Waals surface area contributed by atoms with E-state index < -0.39 is 10.0 Å². The molecule has 0 atom stereocenters. The number of hydrogen-bond donors (Lipinski definition) is 3. The van der Waals surface area contributed by atoms with E-state index in [0.717, 1.165) is 11.3 Å². The minimum Gasteiger partial charge on any atom is -0.340 e. The van der Waals surface area contributed by atoms with Gasteiger partial charge >= 0.3 is 0 Å². The summed E-state index contributed by atoms with van der Waals surface area (Å²) in [6, 6.07) is 12.5. The van der Waals surface area contributed by atoms with Gasteiger partial charge in [0.2, 0.25) is 0 Å². The van der Waals surface area contributed by atoms with Gasteiger partial charge in [-0.15, -0.1) is 0 Å².